The largest absolute Gasteiger partial charge is 0.456 e. The standard InChI is InChI=1S/C96H55N3O3/c1-9-41-82-63(22-1)66-27-18-36-77-90(66)98(82)85-42-10-4-32-73(85)95(77)75-34-6-13-45-88(75)101-93-62(26-17-38-79(93)95)58-48-51-83-71(55-58)64-23-2-8-40-81(64)97(83)59-49-50-61-56(53-59)21-15-25-60(61)57-47-52-84-72(54-57)67-28-19-37-78-91(67)99(84)86-43-11-5-33-74(86)96(78)76-35-7-14-46-89(76)102-94-70(31-20-39-80(94)96)69-30-16-29-68-65-24-3-12-44-87(65)100-92(68)69/h1-55H. The second-order valence-corrected chi connectivity index (χ2v) is 28.0. The molecule has 2 spiro atoms. The van der Waals surface area contributed by atoms with Crippen LogP contribution in [0.3, 0.4) is 0 Å². The Morgan fingerprint density at radius 1 is 0.245 bits per heavy atom. The van der Waals surface area contributed by atoms with Crippen LogP contribution >= 0.6 is 0 Å². The Labute approximate surface area is 584 Å². The van der Waals surface area contributed by atoms with E-state index in [0.29, 0.717) is 0 Å². The van der Waals surface area contributed by atoms with Gasteiger partial charge in [0.05, 0.1) is 55.3 Å². The summed E-state index contributed by atoms with van der Waals surface area (Å²) < 4.78 is 28.8. The van der Waals surface area contributed by atoms with Gasteiger partial charge in [0.15, 0.2) is 0 Å². The zero-order chi connectivity index (χ0) is 66.3. The van der Waals surface area contributed by atoms with Crippen LogP contribution in [0.4, 0.5) is 0 Å². The van der Waals surface area contributed by atoms with Gasteiger partial charge >= 0.3 is 0 Å². The normalized spacial score (nSPS) is 15.9. The fourth-order valence-electron chi connectivity index (χ4n) is 19.4. The number of rotatable bonds is 4. The topological polar surface area (TPSA) is 46.4 Å². The Morgan fingerprint density at radius 3 is 1.37 bits per heavy atom. The van der Waals surface area contributed by atoms with Gasteiger partial charge in [0.1, 0.15) is 34.2 Å². The molecule has 0 radical (unpaired) electrons. The monoisotopic (exact) mass is 1300 g/mol. The molecule has 2 unspecified atom stereocenters. The lowest BCUT2D eigenvalue weighted by atomic mass is 9.61. The molecule has 0 aliphatic carbocycles. The Balaban J connectivity index is 0.642. The van der Waals surface area contributed by atoms with E-state index in [-0.39, 0.29) is 0 Å². The molecule has 6 nitrogen and oxygen atoms in total. The maximum atomic E-state index is 7.33. The Hall–Kier alpha value is -13.4. The maximum Gasteiger partial charge on any atom is 0.143 e. The van der Waals surface area contributed by atoms with Crippen molar-refractivity contribution in [1.82, 2.24) is 13.7 Å². The Bertz CT molecular complexity index is 7180. The molecular weight excluding hydrogens is 1240 g/mol. The van der Waals surface area contributed by atoms with Crippen LogP contribution in [0.1, 0.15) is 44.5 Å². The molecule has 2 atom stereocenters. The lowest BCUT2D eigenvalue weighted by molar-refractivity contribution is 0.435. The van der Waals surface area contributed by atoms with E-state index in [2.05, 4.69) is 341 Å². The third-order valence-corrected chi connectivity index (χ3v) is 23.3. The SMILES string of the molecule is c1ccc2c(c1)Oc1c(-c3ccc4c(c3)c3ccccc3n4-c3ccc4c(-c5ccc6c(c5)c5cccc7c5n6-c5ccccc5C75c6ccccc6Oc6c(-c7cccc8c7oc7ccccc78)cccc65)cccc4c3)cccc1C21c2ccccc2-n2c3ccccc3c3cccc1c32. The zero-order valence-electron chi connectivity index (χ0n) is 54.8. The molecule has 102 heavy (non-hydrogen) atoms. The summed E-state index contributed by atoms with van der Waals surface area (Å²) in [4.78, 5) is 0. The van der Waals surface area contributed by atoms with Gasteiger partial charge in [0.25, 0.3) is 0 Å². The third-order valence-electron chi connectivity index (χ3n) is 23.3. The second kappa shape index (κ2) is 19.7. The molecule has 0 saturated heterocycles. The van der Waals surface area contributed by atoms with E-state index in [1.54, 1.807) is 0 Å². The van der Waals surface area contributed by atoms with Gasteiger partial charge in [-0.3, -0.25) is 0 Å². The molecule has 0 N–H and O–H groups in total. The van der Waals surface area contributed by atoms with Gasteiger partial charge in [0.2, 0.25) is 0 Å². The first-order valence-electron chi connectivity index (χ1n) is 35.2. The highest BCUT2D eigenvalue weighted by molar-refractivity contribution is 6.17. The number of para-hydroxylation sites is 12. The van der Waals surface area contributed by atoms with E-state index in [0.717, 1.165) is 123 Å². The van der Waals surface area contributed by atoms with E-state index in [1.165, 1.54) is 93.1 Å². The first kappa shape index (κ1) is 54.6. The summed E-state index contributed by atoms with van der Waals surface area (Å²) in [5.74, 6) is 3.42. The smallest absolute Gasteiger partial charge is 0.143 e. The van der Waals surface area contributed by atoms with Crippen molar-refractivity contribution in [3.05, 3.63) is 378 Å². The van der Waals surface area contributed by atoms with Crippen molar-refractivity contribution in [3.8, 4) is 73.4 Å². The molecule has 0 amide bonds. The van der Waals surface area contributed by atoms with Crippen LogP contribution in [0, 0.1) is 0 Å². The Morgan fingerprint density at radius 2 is 0.686 bits per heavy atom. The van der Waals surface area contributed by atoms with Crippen LogP contribution in [0.2, 0.25) is 0 Å². The molecule has 0 fully saturated rings. The van der Waals surface area contributed by atoms with Gasteiger partial charge in [-0.15, -0.1) is 0 Å². The zero-order valence-corrected chi connectivity index (χ0v) is 54.8. The minimum Gasteiger partial charge on any atom is -0.456 e. The molecule has 6 heteroatoms. The summed E-state index contributed by atoms with van der Waals surface area (Å²) in [5.41, 5.74) is 26.7. The van der Waals surface area contributed by atoms with Gasteiger partial charge in [-0.25, -0.2) is 0 Å². The molecule has 16 aromatic carbocycles. The molecule has 24 rings (SSSR count). The maximum absolute atomic E-state index is 7.33. The van der Waals surface area contributed by atoms with Crippen molar-refractivity contribution in [2.24, 2.45) is 0 Å². The fourth-order valence-corrected chi connectivity index (χ4v) is 19.4. The van der Waals surface area contributed by atoms with E-state index in [1.807, 2.05) is 6.07 Å². The third kappa shape index (κ3) is 6.75. The molecular formula is C96H55N3O3. The summed E-state index contributed by atoms with van der Waals surface area (Å²) >= 11 is 0. The van der Waals surface area contributed by atoms with Gasteiger partial charge in [-0.1, -0.05) is 255 Å². The average molecular weight is 1300 g/mol. The van der Waals surface area contributed by atoms with Crippen molar-refractivity contribution in [1.29, 1.82) is 0 Å². The molecule has 4 aromatic heterocycles. The Kier molecular flexibility index (Phi) is 10.5. The number of hydrogen-bond acceptors (Lipinski definition) is 3. The number of furan rings is 1. The molecule has 4 aliphatic heterocycles. The van der Waals surface area contributed by atoms with Crippen LogP contribution < -0.4 is 9.47 Å². The van der Waals surface area contributed by atoms with Crippen molar-refractivity contribution < 1.29 is 13.9 Å². The predicted molar refractivity (Wildman–Crippen MR) is 414 cm³/mol. The molecule has 8 heterocycles. The fraction of sp³-hybridized carbons (Fsp3) is 0.0208. The predicted octanol–water partition coefficient (Wildman–Crippen LogP) is 24.6. The lowest BCUT2D eigenvalue weighted by Gasteiger charge is -2.45. The summed E-state index contributed by atoms with van der Waals surface area (Å²) in [6, 6.07) is 123. The van der Waals surface area contributed by atoms with Crippen LogP contribution in [0.25, 0.3) is 149 Å². The van der Waals surface area contributed by atoms with Gasteiger partial charge < -0.3 is 27.6 Å². The molecule has 4 aliphatic rings. The van der Waals surface area contributed by atoms with Crippen LogP contribution in [-0.2, 0) is 10.8 Å². The first-order valence-corrected chi connectivity index (χ1v) is 35.2. The van der Waals surface area contributed by atoms with Gasteiger partial charge in [-0.05, 0) is 129 Å². The molecule has 0 bridgehead atoms. The number of ether oxygens (including phenoxy) is 2. The van der Waals surface area contributed by atoms with E-state index >= 15 is 0 Å². The minimum absolute atomic E-state index is 0.675. The van der Waals surface area contributed by atoms with Gasteiger partial charge in [0, 0.05) is 87.7 Å². The lowest BCUT2D eigenvalue weighted by Crippen LogP contribution is -2.37. The minimum atomic E-state index is -0.741. The van der Waals surface area contributed by atoms with Crippen molar-refractivity contribution in [3.63, 3.8) is 0 Å². The highest BCUT2D eigenvalue weighted by Gasteiger charge is 2.53. The number of nitrogens with zero attached hydrogens (tertiary/aromatic N) is 3. The summed E-state index contributed by atoms with van der Waals surface area (Å²) in [6.45, 7) is 0. The van der Waals surface area contributed by atoms with Crippen LogP contribution in [0.5, 0.6) is 23.0 Å². The molecule has 472 valence electrons. The first-order chi connectivity index (χ1) is 50.6. The van der Waals surface area contributed by atoms with E-state index in [4.69, 9.17) is 13.9 Å². The van der Waals surface area contributed by atoms with Crippen molar-refractivity contribution >= 4 is 98.1 Å². The van der Waals surface area contributed by atoms with Gasteiger partial charge in [-0.2, -0.15) is 0 Å². The average Bonchev–Trinajstić information content (AvgIpc) is 1.21. The summed E-state index contributed by atoms with van der Waals surface area (Å²) in [6.07, 6.45) is 0. The van der Waals surface area contributed by atoms with Crippen LogP contribution in [-0.4, -0.2) is 13.7 Å². The van der Waals surface area contributed by atoms with Crippen LogP contribution in [0.15, 0.2) is 338 Å². The van der Waals surface area contributed by atoms with Crippen molar-refractivity contribution in [2.75, 3.05) is 0 Å². The quantitative estimate of drug-likeness (QED) is 0.176. The second-order valence-electron chi connectivity index (χ2n) is 28.0. The number of aromatic nitrogens is 3. The molecule has 20 aromatic rings. The van der Waals surface area contributed by atoms with E-state index in [9.17, 15) is 0 Å². The number of fused-ring (bicyclic) bond motifs is 29. The summed E-state index contributed by atoms with van der Waals surface area (Å²) in [7, 11) is 0. The van der Waals surface area contributed by atoms with E-state index < -0.39 is 10.8 Å². The molecule has 0 saturated carbocycles. The highest BCUT2D eigenvalue weighted by atomic mass is 16.5. The summed E-state index contributed by atoms with van der Waals surface area (Å²) in [5, 5.41) is 11.8. The highest BCUT2D eigenvalue weighted by Crippen LogP contribution is 2.64. The number of hydrogen-bond donors (Lipinski definition) is 0. The van der Waals surface area contributed by atoms with Crippen molar-refractivity contribution in [2.45, 2.75) is 10.8 Å². The number of benzene rings is 16.